The molecule has 0 aromatic carbocycles. The number of aldehydes is 1. The average Bonchev–Trinajstić information content (AvgIpc) is 2.88. The molecule has 0 amide bonds. The van der Waals surface area contributed by atoms with Gasteiger partial charge >= 0.3 is 5.69 Å². The number of hydrogen-bond acceptors (Lipinski definition) is 5. The van der Waals surface area contributed by atoms with Gasteiger partial charge in [-0.1, -0.05) is 13.1 Å². The Balaban J connectivity index is 2.44. The van der Waals surface area contributed by atoms with Gasteiger partial charge in [0.2, 0.25) is 0 Å². The zero-order valence-electron chi connectivity index (χ0n) is 15.8. The molecule has 1 fully saturated rings. The monoisotopic (exact) mass is 368 g/mol. The molecule has 1 N–H and O–H groups in total. The lowest BCUT2D eigenvalue weighted by Gasteiger charge is -2.35. The van der Waals surface area contributed by atoms with Crippen molar-refractivity contribution < 1.29 is 14.3 Å². The fourth-order valence-corrected chi connectivity index (χ4v) is 5.08. The number of aromatic amines is 1. The van der Waals surface area contributed by atoms with Gasteiger partial charge in [-0.25, -0.2) is 4.79 Å². The highest BCUT2D eigenvalue weighted by atomic mass is 28.3. The quantitative estimate of drug-likeness (QED) is 0.617. The summed E-state index contributed by atoms with van der Waals surface area (Å²) in [6.07, 6.45) is 2.44. The van der Waals surface area contributed by atoms with Crippen LogP contribution in [-0.2, 0) is 19.6 Å². The van der Waals surface area contributed by atoms with E-state index >= 15 is 0 Å². The normalized spacial score (nSPS) is 27.0. The van der Waals surface area contributed by atoms with Crippen LogP contribution >= 0.6 is 0 Å². The summed E-state index contributed by atoms with van der Waals surface area (Å²) in [5, 5.41) is -0.858. The molecular formula is C17H28N2O5Si. The smallest absolute Gasteiger partial charge is 0.330 e. The number of nitrogens with one attached hydrogen (secondary N) is 1. The predicted molar refractivity (Wildman–Crippen MR) is 97.7 cm³/mol. The molecule has 3 atom stereocenters. The molecule has 1 aliphatic rings. The number of carbonyl (C=O) groups is 1. The molecule has 2 rings (SSSR count). The minimum absolute atomic E-state index is 0.285. The molecule has 1 aromatic heterocycles. The lowest BCUT2D eigenvalue weighted by atomic mass is 10.0. The zero-order chi connectivity index (χ0) is 19.0. The van der Waals surface area contributed by atoms with E-state index in [1.165, 1.54) is 4.57 Å². The van der Waals surface area contributed by atoms with Crippen LogP contribution in [-0.4, -0.2) is 42.9 Å². The first kappa shape index (κ1) is 19.8. The van der Waals surface area contributed by atoms with Crippen molar-refractivity contribution in [2.24, 2.45) is 5.92 Å². The third-order valence-electron chi connectivity index (χ3n) is 4.65. The van der Waals surface area contributed by atoms with E-state index < -0.39 is 31.5 Å². The topological polar surface area (TPSA) is 90.4 Å². The van der Waals surface area contributed by atoms with Gasteiger partial charge < -0.3 is 14.3 Å². The van der Waals surface area contributed by atoms with Gasteiger partial charge in [-0.3, -0.25) is 14.3 Å². The molecule has 0 spiro atoms. The standard InChI is InChI=1S/C17H28N2O5Si/c1-11-8-19(15(22)18-14(11)21)17(25(5)6)7-12(9-20)13(24-17)10-23-16(2,3)4/h8-9,12-13,25H,7,10H2,1-6H3,(H,18,21,22)/t12-,13-,17+/m1/s1. The van der Waals surface area contributed by atoms with E-state index in [0.717, 1.165) is 6.29 Å². The van der Waals surface area contributed by atoms with Gasteiger partial charge in [0.05, 0.1) is 27.1 Å². The number of hydrogen-bond donors (Lipinski definition) is 1. The summed E-state index contributed by atoms with van der Waals surface area (Å²) in [5.74, 6) is -0.351. The summed E-state index contributed by atoms with van der Waals surface area (Å²) in [6.45, 7) is 11.9. The molecule has 0 saturated carbocycles. The maximum Gasteiger partial charge on any atom is 0.330 e. The predicted octanol–water partition coefficient (Wildman–Crippen LogP) is 0.943. The lowest BCUT2D eigenvalue weighted by molar-refractivity contribution is -0.122. The van der Waals surface area contributed by atoms with Crippen molar-refractivity contribution in [3.63, 3.8) is 0 Å². The maximum atomic E-state index is 12.4. The number of nitrogens with zero attached hydrogens (tertiary/aromatic N) is 1. The van der Waals surface area contributed by atoms with E-state index in [2.05, 4.69) is 18.1 Å². The number of aromatic nitrogens is 2. The van der Waals surface area contributed by atoms with Crippen molar-refractivity contribution in [2.45, 2.75) is 64.3 Å². The molecule has 8 heteroatoms. The van der Waals surface area contributed by atoms with Crippen LogP contribution in [0, 0.1) is 12.8 Å². The average molecular weight is 369 g/mol. The van der Waals surface area contributed by atoms with Crippen LogP contribution in [0.2, 0.25) is 13.1 Å². The van der Waals surface area contributed by atoms with Crippen LogP contribution in [0.25, 0.3) is 0 Å². The minimum Gasteiger partial charge on any atom is -0.373 e. The summed E-state index contributed by atoms with van der Waals surface area (Å²) in [5.41, 5.74) is -0.810. The van der Waals surface area contributed by atoms with Crippen molar-refractivity contribution in [2.75, 3.05) is 6.61 Å². The molecule has 1 aliphatic heterocycles. The highest BCUT2D eigenvalue weighted by Gasteiger charge is 2.51. The van der Waals surface area contributed by atoms with Crippen LogP contribution in [0.5, 0.6) is 0 Å². The number of rotatable bonds is 5. The third kappa shape index (κ3) is 4.01. The summed E-state index contributed by atoms with van der Waals surface area (Å²) in [7, 11) is -1.60. The lowest BCUT2D eigenvalue weighted by Crippen LogP contribution is -2.52. The molecule has 2 heterocycles. The first-order chi connectivity index (χ1) is 11.5. The molecular weight excluding hydrogens is 340 g/mol. The zero-order valence-corrected chi connectivity index (χ0v) is 16.9. The van der Waals surface area contributed by atoms with Crippen LogP contribution < -0.4 is 11.2 Å². The molecule has 0 aliphatic carbocycles. The Bertz CT molecular complexity index is 749. The minimum atomic E-state index is -1.60. The van der Waals surface area contributed by atoms with Crippen LogP contribution in [0.3, 0.4) is 0 Å². The highest BCUT2D eigenvalue weighted by molar-refractivity contribution is 6.58. The van der Waals surface area contributed by atoms with Gasteiger partial charge in [-0.2, -0.15) is 0 Å². The molecule has 1 saturated heterocycles. The Hall–Kier alpha value is -1.51. The summed E-state index contributed by atoms with van der Waals surface area (Å²) in [6, 6.07) is 0. The number of ether oxygens (including phenoxy) is 2. The van der Waals surface area contributed by atoms with E-state index in [9.17, 15) is 14.4 Å². The SMILES string of the molecule is Cc1cn([C@@]2([SiH](C)C)C[C@H](C=O)[C@@H](COC(C)(C)C)O2)c(=O)[nH]c1=O. The molecule has 140 valence electrons. The first-order valence-corrected chi connectivity index (χ1v) is 11.5. The molecule has 25 heavy (non-hydrogen) atoms. The van der Waals surface area contributed by atoms with Crippen LogP contribution in [0.1, 0.15) is 32.8 Å². The van der Waals surface area contributed by atoms with Crippen molar-refractivity contribution in [1.82, 2.24) is 9.55 Å². The fraction of sp³-hybridized carbons (Fsp3) is 0.706. The van der Waals surface area contributed by atoms with Crippen molar-refractivity contribution in [3.05, 3.63) is 32.6 Å². The Labute approximate surface area is 149 Å². The Morgan fingerprint density at radius 3 is 2.60 bits per heavy atom. The van der Waals surface area contributed by atoms with Crippen LogP contribution in [0.4, 0.5) is 0 Å². The van der Waals surface area contributed by atoms with Gasteiger partial charge in [0.15, 0.2) is 0 Å². The van der Waals surface area contributed by atoms with Crippen molar-refractivity contribution >= 4 is 15.1 Å². The Morgan fingerprint density at radius 1 is 1.44 bits per heavy atom. The largest absolute Gasteiger partial charge is 0.373 e. The molecule has 0 bridgehead atoms. The summed E-state index contributed by atoms with van der Waals surface area (Å²) >= 11 is 0. The number of carbonyl (C=O) groups excluding carboxylic acids is 1. The fourth-order valence-electron chi connectivity index (χ4n) is 3.15. The maximum absolute atomic E-state index is 12.4. The van der Waals surface area contributed by atoms with E-state index in [4.69, 9.17) is 9.47 Å². The molecule has 7 nitrogen and oxygen atoms in total. The van der Waals surface area contributed by atoms with Gasteiger partial charge in [-0.05, 0) is 27.7 Å². The molecule has 0 unspecified atom stereocenters. The third-order valence-corrected chi connectivity index (χ3v) is 7.10. The second-order valence-electron chi connectivity index (χ2n) is 8.02. The van der Waals surface area contributed by atoms with E-state index in [1.807, 2.05) is 20.8 Å². The van der Waals surface area contributed by atoms with Gasteiger partial charge in [0.1, 0.15) is 11.6 Å². The number of H-pyrrole nitrogens is 1. The van der Waals surface area contributed by atoms with Crippen molar-refractivity contribution in [1.29, 1.82) is 0 Å². The van der Waals surface area contributed by atoms with Gasteiger partial charge in [0.25, 0.3) is 5.56 Å². The summed E-state index contributed by atoms with van der Waals surface area (Å²) in [4.78, 5) is 38.1. The second-order valence-corrected chi connectivity index (χ2v) is 11.2. The van der Waals surface area contributed by atoms with Gasteiger partial charge in [0, 0.05) is 24.1 Å². The van der Waals surface area contributed by atoms with E-state index in [1.54, 1.807) is 13.1 Å². The number of aryl methyl sites for hydroxylation is 1. The van der Waals surface area contributed by atoms with E-state index in [0.29, 0.717) is 12.0 Å². The first-order valence-electron chi connectivity index (χ1n) is 8.60. The van der Waals surface area contributed by atoms with Crippen LogP contribution in [0.15, 0.2) is 15.8 Å². The molecule has 1 aromatic rings. The van der Waals surface area contributed by atoms with Crippen molar-refractivity contribution in [3.8, 4) is 0 Å². The molecule has 0 radical (unpaired) electrons. The highest BCUT2D eigenvalue weighted by Crippen LogP contribution is 2.40. The van der Waals surface area contributed by atoms with Gasteiger partial charge in [-0.15, -0.1) is 0 Å². The Morgan fingerprint density at radius 2 is 2.08 bits per heavy atom. The second kappa shape index (κ2) is 7.01. The van der Waals surface area contributed by atoms with E-state index in [-0.39, 0.29) is 18.1 Å². The Kier molecular flexibility index (Phi) is 5.55. The summed E-state index contributed by atoms with van der Waals surface area (Å²) < 4.78 is 13.6.